The first kappa shape index (κ1) is 15.0. The smallest absolute Gasteiger partial charge is 0.253 e. The van der Waals surface area contributed by atoms with Crippen LogP contribution in [0.1, 0.15) is 35.8 Å². The Bertz CT molecular complexity index is 579. The van der Waals surface area contributed by atoms with E-state index in [1.54, 1.807) is 31.6 Å². The SMILES string of the molecule is COc1ccc([C@@H](NC(=O)c2cccnc2)C(C)C)cc1. The number of ether oxygens (including phenoxy) is 1. The van der Waals surface area contributed by atoms with Crippen LogP contribution in [-0.4, -0.2) is 18.0 Å². The Labute approximate surface area is 125 Å². The molecule has 2 rings (SSSR count). The van der Waals surface area contributed by atoms with Crippen LogP contribution < -0.4 is 10.1 Å². The van der Waals surface area contributed by atoms with E-state index in [1.165, 1.54) is 0 Å². The monoisotopic (exact) mass is 284 g/mol. The summed E-state index contributed by atoms with van der Waals surface area (Å²) in [4.78, 5) is 16.3. The lowest BCUT2D eigenvalue weighted by atomic mass is 9.95. The number of nitrogens with one attached hydrogen (secondary N) is 1. The highest BCUT2D eigenvalue weighted by molar-refractivity contribution is 5.94. The van der Waals surface area contributed by atoms with Crippen LogP contribution in [-0.2, 0) is 0 Å². The van der Waals surface area contributed by atoms with Crippen LogP contribution >= 0.6 is 0 Å². The highest BCUT2D eigenvalue weighted by Crippen LogP contribution is 2.24. The van der Waals surface area contributed by atoms with E-state index in [4.69, 9.17) is 4.74 Å². The van der Waals surface area contributed by atoms with E-state index in [2.05, 4.69) is 24.1 Å². The number of carbonyl (C=O) groups is 1. The number of benzene rings is 1. The summed E-state index contributed by atoms with van der Waals surface area (Å²) in [7, 11) is 1.64. The molecule has 1 aromatic heterocycles. The van der Waals surface area contributed by atoms with Crippen molar-refractivity contribution in [2.75, 3.05) is 7.11 Å². The molecule has 0 aliphatic rings. The zero-order valence-corrected chi connectivity index (χ0v) is 12.5. The highest BCUT2D eigenvalue weighted by Gasteiger charge is 2.19. The van der Waals surface area contributed by atoms with E-state index < -0.39 is 0 Å². The third-order valence-corrected chi connectivity index (χ3v) is 3.35. The summed E-state index contributed by atoms with van der Waals surface area (Å²) in [6, 6.07) is 11.2. The number of methoxy groups -OCH3 is 1. The van der Waals surface area contributed by atoms with Crippen LogP contribution in [0.5, 0.6) is 5.75 Å². The molecule has 110 valence electrons. The van der Waals surface area contributed by atoms with E-state index in [9.17, 15) is 4.79 Å². The minimum Gasteiger partial charge on any atom is -0.497 e. The molecule has 1 aromatic carbocycles. The van der Waals surface area contributed by atoms with Crippen LogP contribution in [0.3, 0.4) is 0 Å². The Kier molecular flexibility index (Phi) is 4.93. The molecule has 2 aromatic rings. The number of hydrogen-bond donors (Lipinski definition) is 1. The largest absolute Gasteiger partial charge is 0.497 e. The lowest BCUT2D eigenvalue weighted by molar-refractivity contribution is 0.0925. The lowest BCUT2D eigenvalue weighted by Crippen LogP contribution is -2.31. The minimum atomic E-state index is -0.113. The molecule has 0 fully saturated rings. The standard InChI is InChI=1S/C17H20N2O2/c1-12(2)16(13-6-8-15(21-3)9-7-13)19-17(20)14-5-4-10-18-11-14/h4-12,16H,1-3H3,(H,19,20)/t16-/m0/s1. The second kappa shape index (κ2) is 6.88. The minimum absolute atomic E-state index is 0.0522. The third kappa shape index (κ3) is 3.81. The van der Waals surface area contributed by atoms with Gasteiger partial charge in [-0.2, -0.15) is 0 Å². The van der Waals surface area contributed by atoms with Gasteiger partial charge in [0.25, 0.3) is 5.91 Å². The zero-order chi connectivity index (χ0) is 15.2. The Hall–Kier alpha value is -2.36. The normalized spacial score (nSPS) is 12.0. The van der Waals surface area contributed by atoms with Crippen LogP contribution in [0, 0.1) is 5.92 Å². The first-order valence-electron chi connectivity index (χ1n) is 6.96. The molecule has 0 radical (unpaired) electrons. The van der Waals surface area contributed by atoms with Crippen molar-refractivity contribution in [2.45, 2.75) is 19.9 Å². The van der Waals surface area contributed by atoms with Crippen molar-refractivity contribution in [1.29, 1.82) is 0 Å². The van der Waals surface area contributed by atoms with Crippen molar-refractivity contribution in [3.05, 3.63) is 59.9 Å². The maximum absolute atomic E-state index is 12.3. The van der Waals surface area contributed by atoms with Crippen LogP contribution in [0.4, 0.5) is 0 Å². The molecular weight excluding hydrogens is 264 g/mol. The van der Waals surface area contributed by atoms with E-state index in [-0.39, 0.29) is 17.9 Å². The average Bonchev–Trinajstić information content (AvgIpc) is 2.53. The molecule has 0 spiro atoms. The second-order valence-electron chi connectivity index (χ2n) is 5.21. The number of hydrogen-bond acceptors (Lipinski definition) is 3. The average molecular weight is 284 g/mol. The van der Waals surface area contributed by atoms with Gasteiger partial charge in [0.2, 0.25) is 0 Å². The Morgan fingerprint density at radius 3 is 2.43 bits per heavy atom. The molecule has 1 amide bonds. The highest BCUT2D eigenvalue weighted by atomic mass is 16.5. The lowest BCUT2D eigenvalue weighted by Gasteiger charge is -2.23. The van der Waals surface area contributed by atoms with Gasteiger partial charge in [-0.25, -0.2) is 0 Å². The second-order valence-corrected chi connectivity index (χ2v) is 5.21. The summed E-state index contributed by atoms with van der Waals surface area (Å²) in [5, 5.41) is 3.07. The molecule has 1 heterocycles. The summed E-state index contributed by atoms with van der Waals surface area (Å²) in [5.41, 5.74) is 1.62. The number of nitrogens with zero attached hydrogens (tertiary/aromatic N) is 1. The molecule has 0 aliphatic heterocycles. The molecule has 0 aliphatic carbocycles. The third-order valence-electron chi connectivity index (χ3n) is 3.35. The first-order chi connectivity index (χ1) is 10.1. The van der Waals surface area contributed by atoms with Gasteiger partial charge in [0, 0.05) is 12.4 Å². The molecule has 0 saturated carbocycles. The maximum Gasteiger partial charge on any atom is 0.253 e. The van der Waals surface area contributed by atoms with Gasteiger partial charge < -0.3 is 10.1 Å². The summed E-state index contributed by atoms with van der Waals surface area (Å²) in [5.74, 6) is 0.969. The van der Waals surface area contributed by atoms with Crippen LogP contribution in [0.15, 0.2) is 48.8 Å². The molecule has 4 heteroatoms. The summed E-state index contributed by atoms with van der Waals surface area (Å²) in [6.45, 7) is 4.16. The van der Waals surface area contributed by atoms with Crippen LogP contribution in [0.25, 0.3) is 0 Å². The number of aromatic nitrogens is 1. The summed E-state index contributed by atoms with van der Waals surface area (Å²) >= 11 is 0. The van der Waals surface area contributed by atoms with Crippen LogP contribution in [0.2, 0.25) is 0 Å². The topological polar surface area (TPSA) is 51.2 Å². The van der Waals surface area contributed by atoms with Gasteiger partial charge in [0.05, 0.1) is 18.7 Å². The summed E-state index contributed by atoms with van der Waals surface area (Å²) < 4.78 is 5.16. The Morgan fingerprint density at radius 1 is 1.19 bits per heavy atom. The number of amides is 1. The van der Waals surface area contributed by atoms with Gasteiger partial charge in [0.1, 0.15) is 5.75 Å². The maximum atomic E-state index is 12.3. The Morgan fingerprint density at radius 2 is 1.90 bits per heavy atom. The summed E-state index contributed by atoms with van der Waals surface area (Å²) in [6.07, 6.45) is 3.22. The Balaban J connectivity index is 2.17. The van der Waals surface area contributed by atoms with E-state index >= 15 is 0 Å². The van der Waals surface area contributed by atoms with E-state index in [0.29, 0.717) is 5.56 Å². The van der Waals surface area contributed by atoms with Crippen molar-refractivity contribution in [2.24, 2.45) is 5.92 Å². The number of carbonyl (C=O) groups excluding carboxylic acids is 1. The fourth-order valence-electron chi connectivity index (χ4n) is 2.17. The predicted molar refractivity (Wildman–Crippen MR) is 82.3 cm³/mol. The van der Waals surface area contributed by atoms with E-state index in [0.717, 1.165) is 11.3 Å². The molecular formula is C17H20N2O2. The number of rotatable bonds is 5. The van der Waals surface area contributed by atoms with Gasteiger partial charge in [-0.15, -0.1) is 0 Å². The van der Waals surface area contributed by atoms with Crippen molar-refractivity contribution in [3.8, 4) is 5.75 Å². The van der Waals surface area contributed by atoms with Crippen molar-refractivity contribution >= 4 is 5.91 Å². The molecule has 0 saturated heterocycles. The number of pyridine rings is 1. The fraction of sp³-hybridized carbons (Fsp3) is 0.294. The van der Waals surface area contributed by atoms with Gasteiger partial charge in [0.15, 0.2) is 0 Å². The molecule has 4 nitrogen and oxygen atoms in total. The van der Waals surface area contributed by atoms with Crippen molar-refractivity contribution in [1.82, 2.24) is 10.3 Å². The molecule has 0 bridgehead atoms. The van der Waals surface area contributed by atoms with Gasteiger partial charge in [-0.3, -0.25) is 9.78 Å². The quantitative estimate of drug-likeness (QED) is 0.917. The van der Waals surface area contributed by atoms with E-state index in [1.807, 2.05) is 24.3 Å². The van der Waals surface area contributed by atoms with Crippen molar-refractivity contribution < 1.29 is 9.53 Å². The van der Waals surface area contributed by atoms with Gasteiger partial charge in [-0.05, 0) is 35.7 Å². The molecule has 21 heavy (non-hydrogen) atoms. The molecule has 0 unspecified atom stereocenters. The molecule has 1 N–H and O–H groups in total. The van der Waals surface area contributed by atoms with Gasteiger partial charge in [-0.1, -0.05) is 26.0 Å². The zero-order valence-electron chi connectivity index (χ0n) is 12.5. The first-order valence-corrected chi connectivity index (χ1v) is 6.96. The fourth-order valence-corrected chi connectivity index (χ4v) is 2.17. The van der Waals surface area contributed by atoms with Crippen molar-refractivity contribution in [3.63, 3.8) is 0 Å². The van der Waals surface area contributed by atoms with Gasteiger partial charge >= 0.3 is 0 Å². The predicted octanol–water partition coefficient (Wildman–Crippen LogP) is 3.22. The molecule has 1 atom stereocenters.